The second kappa shape index (κ2) is 6.37. The molecule has 0 saturated heterocycles. The van der Waals surface area contributed by atoms with Crippen LogP contribution in [0.25, 0.3) is 11.2 Å². The Morgan fingerprint density at radius 3 is 2.73 bits per heavy atom. The number of benzene rings is 1. The molecule has 116 valence electrons. The van der Waals surface area contributed by atoms with Crippen LogP contribution in [-0.2, 0) is 12.8 Å². The first-order valence-corrected chi connectivity index (χ1v) is 6.90. The molecule has 4 N–H and O–H groups in total. The number of nitrogens with zero attached hydrogens (tertiary/aromatic N) is 2. The molecule has 8 heteroatoms. The van der Waals surface area contributed by atoms with Crippen molar-refractivity contribution in [3.05, 3.63) is 50.5 Å². The molecule has 3 aromatic rings. The average molecular weight is 340 g/mol. The van der Waals surface area contributed by atoms with E-state index in [9.17, 15) is 4.79 Å². The fourth-order valence-electron chi connectivity index (χ4n) is 2.22. The van der Waals surface area contributed by atoms with E-state index in [1.807, 2.05) is 25.1 Å². The summed E-state index contributed by atoms with van der Waals surface area (Å²) in [6.07, 6.45) is 1.47. The van der Waals surface area contributed by atoms with Gasteiger partial charge in [0.15, 0.2) is 11.2 Å². The topological polar surface area (TPSA) is 100 Å². The maximum Gasteiger partial charge on any atom is 0.278 e. The van der Waals surface area contributed by atoms with Gasteiger partial charge in [-0.1, -0.05) is 23.7 Å². The molecule has 0 amide bonds. The van der Waals surface area contributed by atoms with Crippen molar-refractivity contribution in [1.29, 1.82) is 0 Å². The molecule has 0 aliphatic rings. The Bertz CT molecular complexity index is 871. The molecule has 0 saturated carbocycles. The van der Waals surface area contributed by atoms with E-state index in [1.54, 1.807) is 0 Å². The monoisotopic (exact) mass is 339 g/mol. The molecule has 3 rings (SSSR count). The number of hydrogen-bond donors (Lipinski definition) is 3. The van der Waals surface area contributed by atoms with Gasteiger partial charge in [-0.25, -0.2) is 4.98 Å². The summed E-state index contributed by atoms with van der Waals surface area (Å²) in [6.45, 7) is 1.97. The molecule has 0 unspecified atom stereocenters. The molecule has 0 bridgehead atoms. The second-order valence-corrected chi connectivity index (χ2v) is 5.32. The number of nitrogens with one attached hydrogen (secondary N) is 2. The van der Waals surface area contributed by atoms with Crippen molar-refractivity contribution in [2.24, 2.45) is 0 Å². The van der Waals surface area contributed by atoms with Crippen molar-refractivity contribution in [2.45, 2.75) is 19.8 Å². The van der Waals surface area contributed by atoms with Crippen molar-refractivity contribution >= 4 is 41.1 Å². The van der Waals surface area contributed by atoms with Crippen LogP contribution in [0.5, 0.6) is 0 Å². The number of aromatic nitrogens is 4. The molecule has 0 aliphatic heterocycles. The lowest BCUT2D eigenvalue weighted by molar-refractivity contribution is 0.887. The van der Waals surface area contributed by atoms with E-state index >= 15 is 0 Å². The summed E-state index contributed by atoms with van der Waals surface area (Å²) in [4.78, 5) is 25.4. The van der Waals surface area contributed by atoms with Crippen molar-refractivity contribution in [1.82, 2.24) is 19.9 Å². The van der Waals surface area contributed by atoms with Crippen molar-refractivity contribution in [3.8, 4) is 0 Å². The highest BCUT2D eigenvalue weighted by molar-refractivity contribution is 6.31. The molecule has 2 heterocycles. The molecule has 0 spiro atoms. The van der Waals surface area contributed by atoms with Gasteiger partial charge in [-0.05, 0) is 30.5 Å². The average Bonchev–Trinajstić information content (AvgIpc) is 2.83. The van der Waals surface area contributed by atoms with Gasteiger partial charge in [0.25, 0.3) is 5.56 Å². The van der Waals surface area contributed by atoms with Crippen molar-refractivity contribution in [3.63, 3.8) is 0 Å². The molecular weight excluding hydrogens is 325 g/mol. The minimum atomic E-state index is -0.307. The fraction of sp³-hybridized carbons (Fsp3) is 0.214. The largest absolute Gasteiger partial charge is 0.369 e. The SMILES string of the molecule is Cc1cc(CCc2nc3nc(N)[nH]c(=O)c3[nH]2)ccc1Cl.Cl. The van der Waals surface area contributed by atoms with E-state index in [0.717, 1.165) is 17.0 Å². The van der Waals surface area contributed by atoms with E-state index < -0.39 is 0 Å². The number of nitrogen functional groups attached to an aromatic ring is 1. The molecule has 0 fully saturated rings. The lowest BCUT2D eigenvalue weighted by Crippen LogP contribution is -2.10. The first-order valence-electron chi connectivity index (χ1n) is 6.52. The summed E-state index contributed by atoms with van der Waals surface area (Å²) in [5.41, 5.74) is 8.10. The van der Waals surface area contributed by atoms with Gasteiger partial charge < -0.3 is 10.7 Å². The molecule has 0 aliphatic carbocycles. The third kappa shape index (κ3) is 3.23. The van der Waals surface area contributed by atoms with Crippen LogP contribution in [0.15, 0.2) is 23.0 Å². The smallest absolute Gasteiger partial charge is 0.278 e. The lowest BCUT2D eigenvalue weighted by atomic mass is 10.1. The Kier molecular flexibility index (Phi) is 4.73. The zero-order valence-electron chi connectivity index (χ0n) is 11.8. The highest BCUT2D eigenvalue weighted by Crippen LogP contribution is 2.17. The van der Waals surface area contributed by atoms with Crippen LogP contribution in [0.4, 0.5) is 5.95 Å². The Labute approximate surface area is 137 Å². The number of fused-ring (bicyclic) bond motifs is 1. The minimum Gasteiger partial charge on any atom is -0.369 e. The molecule has 0 radical (unpaired) electrons. The van der Waals surface area contributed by atoms with E-state index in [2.05, 4.69) is 19.9 Å². The minimum absolute atomic E-state index is 0. The first kappa shape index (κ1) is 16.3. The van der Waals surface area contributed by atoms with Gasteiger partial charge in [0, 0.05) is 11.4 Å². The summed E-state index contributed by atoms with van der Waals surface area (Å²) >= 11 is 6.01. The van der Waals surface area contributed by atoms with Crippen molar-refractivity contribution < 1.29 is 0 Å². The van der Waals surface area contributed by atoms with Crippen molar-refractivity contribution in [2.75, 3.05) is 5.73 Å². The Hall–Kier alpha value is -2.05. The van der Waals surface area contributed by atoms with Crippen LogP contribution in [0.3, 0.4) is 0 Å². The van der Waals surface area contributed by atoms with Gasteiger partial charge in [0.1, 0.15) is 5.82 Å². The zero-order chi connectivity index (χ0) is 15.0. The van der Waals surface area contributed by atoms with Gasteiger partial charge in [-0.15, -0.1) is 12.4 Å². The summed E-state index contributed by atoms with van der Waals surface area (Å²) in [5, 5.41) is 0.758. The molecular formula is C14H15Cl2N5O. The van der Waals surface area contributed by atoms with E-state index in [4.69, 9.17) is 17.3 Å². The normalized spacial score (nSPS) is 10.6. The number of anilines is 1. The van der Waals surface area contributed by atoms with Gasteiger partial charge >= 0.3 is 0 Å². The highest BCUT2D eigenvalue weighted by atomic mass is 35.5. The second-order valence-electron chi connectivity index (χ2n) is 4.92. The van der Waals surface area contributed by atoms with Gasteiger partial charge in [0.2, 0.25) is 5.95 Å². The Morgan fingerprint density at radius 2 is 2.00 bits per heavy atom. The maximum absolute atomic E-state index is 11.7. The molecule has 2 aromatic heterocycles. The number of rotatable bonds is 3. The Balaban J connectivity index is 0.00000176. The zero-order valence-corrected chi connectivity index (χ0v) is 13.4. The number of imidazole rings is 1. The van der Waals surface area contributed by atoms with Crippen LogP contribution in [0.2, 0.25) is 5.02 Å². The molecule has 1 aromatic carbocycles. The van der Waals surface area contributed by atoms with E-state index in [-0.39, 0.29) is 23.9 Å². The van der Waals surface area contributed by atoms with E-state index in [1.165, 1.54) is 5.56 Å². The van der Waals surface area contributed by atoms with Gasteiger partial charge in [-0.3, -0.25) is 9.78 Å². The maximum atomic E-state index is 11.7. The van der Waals surface area contributed by atoms with Crippen LogP contribution in [0, 0.1) is 6.92 Å². The Morgan fingerprint density at radius 1 is 1.23 bits per heavy atom. The van der Waals surface area contributed by atoms with Crippen LogP contribution < -0.4 is 11.3 Å². The summed E-state index contributed by atoms with van der Waals surface area (Å²) < 4.78 is 0. The summed E-state index contributed by atoms with van der Waals surface area (Å²) in [5.74, 6) is 0.778. The molecule has 0 atom stereocenters. The molecule has 6 nitrogen and oxygen atoms in total. The number of hydrogen-bond acceptors (Lipinski definition) is 4. The predicted octanol–water partition coefficient (Wildman–Crippen LogP) is 2.40. The van der Waals surface area contributed by atoms with E-state index in [0.29, 0.717) is 23.4 Å². The standard InChI is InChI=1S/C14H14ClN5O.ClH/c1-7-6-8(2-4-9(7)15)3-5-10-17-11-12(18-10)19-14(16)20-13(11)21;/h2,4,6H,3,5H2,1H3,(H4,16,17,18,19,20,21);1H. The lowest BCUT2D eigenvalue weighted by Gasteiger charge is -2.02. The first-order chi connectivity index (χ1) is 10.0. The third-order valence-electron chi connectivity index (χ3n) is 3.30. The highest BCUT2D eigenvalue weighted by Gasteiger charge is 2.09. The fourth-order valence-corrected chi connectivity index (χ4v) is 2.33. The molecule has 22 heavy (non-hydrogen) atoms. The van der Waals surface area contributed by atoms with Crippen LogP contribution >= 0.6 is 24.0 Å². The summed E-state index contributed by atoms with van der Waals surface area (Å²) in [7, 11) is 0. The summed E-state index contributed by atoms with van der Waals surface area (Å²) in [6, 6.07) is 5.92. The number of aromatic amines is 2. The van der Waals surface area contributed by atoms with Crippen LogP contribution in [-0.4, -0.2) is 19.9 Å². The van der Waals surface area contributed by atoms with Gasteiger partial charge in [0.05, 0.1) is 0 Å². The number of H-pyrrole nitrogens is 2. The van der Waals surface area contributed by atoms with Crippen LogP contribution in [0.1, 0.15) is 17.0 Å². The number of halogens is 2. The third-order valence-corrected chi connectivity index (χ3v) is 3.73. The quantitative estimate of drug-likeness (QED) is 0.681. The number of nitrogens with two attached hydrogens (primary N) is 1. The van der Waals surface area contributed by atoms with Gasteiger partial charge in [-0.2, -0.15) is 4.98 Å². The predicted molar refractivity (Wildman–Crippen MR) is 89.8 cm³/mol. The number of aryl methyl sites for hydroxylation is 3.